The summed E-state index contributed by atoms with van der Waals surface area (Å²) in [4.78, 5) is 0. The van der Waals surface area contributed by atoms with Crippen LogP contribution in [0.15, 0.2) is 60.7 Å². The molecule has 4 heteroatoms. The third kappa shape index (κ3) is 4.05. The first kappa shape index (κ1) is 19.2. The molecule has 0 saturated carbocycles. The highest BCUT2D eigenvalue weighted by molar-refractivity contribution is 5.79. The Morgan fingerprint density at radius 3 is 2.14 bits per heavy atom. The molecular weight excluding hydrogens is 352 g/mol. The van der Waals surface area contributed by atoms with Crippen molar-refractivity contribution < 1.29 is 18.9 Å². The summed E-state index contributed by atoms with van der Waals surface area (Å²) in [6.45, 7) is 0.423. The van der Waals surface area contributed by atoms with E-state index >= 15 is 0 Å². The van der Waals surface area contributed by atoms with Gasteiger partial charge in [-0.3, -0.25) is 0 Å². The lowest BCUT2D eigenvalue weighted by molar-refractivity contribution is 0.284. The van der Waals surface area contributed by atoms with E-state index < -0.39 is 0 Å². The van der Waals surface area contributed by atoms with Gasteiger partial charge in [0.1, 0.15) is 18.1 Å². The van der Waals surface area contributed by atoms with Gasteiger partial charge in [-0.2, -0.15) is 0 Å². The van der Waals surface area contributed by atoms with Crippen molar-refractivity contribution >= 4 is 0 Å². The van der Waals surface area contributed by atoms with E-state index in [1.54, 1.807) is 21.3 Å². The Morgan fingerprint density at radius 2 is 1.50 bits per heavy atom. The molecule has 0 heterocycles. The predicted molar refractivity (Wildman–Crippen MR) is 110 cm³/mol. The van der Waals surface area contributed by atoms with Crippen LogP contribution in [0.4, 0.5) is 0 Å². The van der Waals surface area contributed by atoms with Crippen molar-refractivity contribution in [2.75, 3.05) is 21.3 Å². The van der Waals surface area contributed by atoms with Gasteiger partial charge < -0.3 is 18.9 Å². The van der Waals surface area contributed by atoms with Gasteiger partial charge in [0.25, 0.3) is 0 Å². The molecule has 0 fully saturated rings. The minimum absolute atomic E-state index is 0.423. The van der Waals surface area contributed by atoms with Crippen molar-refractivity contribution in [3.8, 4) is 46.5 Å². The third-order valence-electron chi connectivity index (χ3n) is 4.40. The van der Waals surface area contributed by atoms with Crippen LogP contribution in [-0.4, -0.2) is 21.3 Å². The molecule has 0 spiro atoms. The first-order valence-corrected chi connectivity index (χ1v) is 8.78. The second-order valence-corrected chi connectivity index (χ2v) is 6.03. The molecular formula is C24H22O4. The zero-order valence-electron chi connectivity index (χ0n) is 16.2. The minimum atomic E-state index is 0.423. The summed E-state index contributed by atoms with van der Waals surface area (Å²) in [5, 5.41) is 0. The van der Waals surface area contributed by atoms with Gasteiger partial charge in [0, 0.05) is 28.8 Å². The molecule has 0 unspecified atom stereocenters. The topological polar surface area (TPSA) is 36.9 Å². The molecule has 3 aromatic rings. The number of methoxy groups -OCH3 is 3. The van der Waals surface area contributed by atoms with Crippen molar-refractivity contribution in [2.45, 2.75) is 6.61 Å². The van der Waals surface area contributed by atoms with Gasteiger partial charge in [-0.15, -0.1) is 6.42 Å². The molecule has 0 aliphatic rings. The van der Waals surface area contributed by atoms with E-state index in [-0.39, 0.29) is 0 Å². The zero-order valence-corrected chi connectivity index (χ0v) is 16.2. The Hall–Kier alpha value is -3.58. The molecule has 28 heavy (non-hydrogen) atoms. The lowest BCUT2D eigenvalue weighted by Gasteiger charge is -2.16. The molecule has 142 valence electrons. The Bertz CT molecular complexity index is 987. The molecule has 0 amide bonds. The van der Waals surface area contributed by atoms with Crippen LogP contribution in [0.5, 0.6) is 23.0 Å². The first-order valence-electron chi connectivity index (χ1n) is 8.78. The van der Waals surface area contributed by atoms with E-state index in [1.165, 1.54) is 0 Å². The highest BCUT2D eigenvalue weighted by Gasteiger charge is 2.16. The van der Waals surface area contributed by atoms with Crippen molar-refractivity contribution in [1.29, 1.82) is 0 Å². The van der Waals surface area contributed by atoms with Crippen LogP contribution in [0, 0.1) is 12.3 Å². The number of rotatable bonds is 7. The smallest absolute Gasteiger partial charge is 0.162 e. The quantitative estimate of drug-likeness (QED) is 0.549. The summed E-state index contributed by atoms with van der Waals surface area (Å²) >= 11 is 0. The number of benzene rings is 3. The molecule has 0 saturated heterocycles. The molecule has 0 N–H and O–H groups in total. The van der Waals surface area contributed by atoms with E-state index in [9.17, 15) is 0 Å². The third-order valence-corrected chi connectivity index (χ3v) is 4.40. The largest absolute Gasteiger partial charge is 0.497 e. The second kappa shape index (κ2) is 8.88. The monoisotopic (exact) mass is 374 g/mol. The molecule has 0 aliphatic heterocycles. The lowest BCUT2D eigenvalue weighted by atomic mass is 9.98. The highest BCUT2D eigenvalue weighted by atomic mass is 16.5. The molecule has 3 aromatic carbocycles. The van der Waals surface area contributed by atoms with E-state index in [2.05, 4.69) is 5.92 Å². The summed E-state index contributed by atoms with van der Waals surface area (Å²) < 4.78 is 22.3. The predicted octanol–water partition coefficient (Wildman–Crippen LogP) is 4.94. The number of hydrogen-bond acceptors (Lipinski definition) is 4. The summed E-state index contributed by atoms with van der Waals surface area (Å²) in [6, 6.07) is 19.2. The molecule has 0 aromatic heterocycles. The summed E-state index contributed by atoms with van der Waals surface area (Å²) in [5.74, 6) is 5.30. The highest BCUT2D eigenvalue weighted by Crippen LogP contribution is 2.40. The molecule has 0 radical (unpaired) electrons. The van der Waals surface area contributed by atoms with Crippen molar-refractivity contribution in [1.82, 2.24) is 0 Å². The average Bonchev–Trinajstić information content (AvgIpc) is 2.77. The van der Waals surface area contributed by atoms with Gasteiger partial charge in [0.15, 0.2) is 11.5 Å². The SMILES string of the molecule is C#Cc1cc(OCc2ccccc2)c(OC)cc1-c1ccc(OC)cc1OC. The van der Waals surface area contributed by atoms with Gasteiger partial charge >= 0.3 is 0 Å². The maximum absolute atomic E-state index is 5.97. The average molecular weight is 374 g/mol. The molecule has 4 nitrogen and oxygen atoms in total. The lowest BCUT2D eigenvalue weighted by Crippen LogP contribution is -2.00. The van der Waals surface area contributed by atoms with Gasteiger partial charge in [-0.1, -0.05) is 36.3 Å². The van der Waals surface area contributed by atoms with Gasteiger partial charge in [0.2, 0.25) is 0 Å². The maximum Gasteiger partial charge on any atom is 0.162 e. The van der Waals surface area contributed by atoms with Crippen LogP contribution in [0.2, 0.25) is 0 Å². The summed E-state index contributed by atoms with van der Waals surface area (Å²) in [6.07, 6.45) is 5.79. The number of ether oxygens (including phenoxy) is 4. The molecule has 0 aliphatic carbocycles. The van der Waals surface area contributed by atoms with Crippen molar-refractivity contribution in [3.63, 3.8) is 0 Å². The van der Waals surface area contributed by atoms with Crippen LogP contribution in [0.25, 0.3) is 11.1 Å². The standard InChI is InChI=1S/C24H22O4/c1-5-18-13-24(28-16-17-9-7-6-8-10-17)23(27-4)15-21(18)20-12-11-19(25-2)14-22(20)26-3/h1,6-15H,16H2,2-4H3. The van der Waals surface area contributed by atoms with Crippen LogP contribution >= 0.6 is 0 Å². The van der Waals surface area contributed by atoms with Gasteiger partial charge in [-0.25, -0.2) is 0 Å². The summed E-state index contributed by atoms with van der Waals surface area (Å²) in [5.41, 5.74) is 3.43. The normalized spacial score (nSPS) is 10.1. The number of terminal acetylenes is 1. The number of hydrogen-bond donors (Lipinski definition) is 0. The van der Waals surface area contributed by atoms with Crippen molar-refractivity contribution in [3.05, 3.63) is 71.8 Å². The fourth-order valence-corrected chi connectivity index (χ4v) is 2.93. The van der Waals surface area contributed by atoms with Crippen LogP contribution < -0.4 is 18.9 Å². The fourth-order valence-electron chi connectivity index (χ4n) is 2.93. The van der Waals surface area contributed by atoms with E-state index in [4.69, 9.17) is 25.4 Å². The van der Waals surface area contributed by atoms with Crippen LogP contribution in [-0.2, 0) is 6.61 Å². The molecule has 0 atom stereocenters. The Kier molecular flexibility index (Phi) is 6.08. The molecule has 3 rings (SSSR count). The van der Waals surface area contributed by atoms with E-state index in [0.717, 1.165) is 16.7 Å². The Morgan fingerprint density at radius 1 is 0.750 bits per heavy atom. The molecule has 0 bridgehead atoms. The van der Waals surface area contributed by atoms with Gasteiger partial charge in [0.05, 0.1) is 21.3 Å². The van der Waals surface area contributed by atoms with Crippen LogP contribution in [0.1, 0.15) is 11.1 Å². The van der Waals surface area contributed by atoms with Crippen molar-refractivity contribution in [2.24, 2.45) is 0 Å². The maximum atomic E-state index is 5.97. The fraction of sp³-hybridized carbons (Fsp3) is 0.167. The summed E-state index contributed by atoms with van der Waals surface area (Å²) in [7, 11) is 4.83. The first-order chi connectivity index (χ1) is 13.7. The zero-order chi connectivity index (χ0) is 19.9. The van der Waals surface area contributed by atoms with Gasteiger partial charge in [-0.05, 0) is 23.8 Å². The Balaban J connectivity index is 2.01. The second-order valence-electron chi connectivity index (χ2n) is 6.03. The van der Waals surface area contributed by atoms with E-state index in [1.807, 2.05) is 60.7 Å². The van der Waals surface area contributed by atoms with Crippen LogP contribution in [0.3, 0.4) is 0 Å². The Labute approximate surface area is 165 Å². The minimum Gasteiger partial charge on any atom is -0.497 e. The van der Waals surface area contributed by atoms with E-state index in [0.29, 0.717) is 35.2 Å².